The average Bonchev–Trinajstić information content (AvgIpc) is 2.84. The fourth-order valence-electron chi connectivity index (χ4n) is 3.47. The van der Waals surface area contributed by atoms with Crippen LogP contribution in [0.1, 0.15) is 21.5 Å². The molecule has 0 atom stereocenters. The van der Waals surface area contributed by atoms with Crippen molar-refractivity contribution in [3.63, 3.8) is 0 Å². The van der Waals surface area contributed by atoms with Crippen molar-refractivity contribution in [2.75, 3.05) is 7.11 Å². The Morgan fingerprint density at radius 2 is 1.85 bits per heavy atom. The molecule has 7 nitrogen and oxygen atoms in total. The standard InChI is InChI=1S/C26H23N3O4/c1-16-11-19(9-10-24(16)30)23-14-22(28-26(32)29-23)18-6-4-7-20(13-18)25(31)27-15-17-5-3-8-21(12-17)33-2/h3-14,30H,15H2,1-2H3,(H,27,31)(H,28,29,32). The number of ether oxygens (including phenoxy) is 1. The SMILES string of the molecule is COc1cccc(CNC(=O)c2cccc(-c3cc(-c4ccc(O)c(C)c4)nc(=O)[nH]3)c2)c1. The zero-order valence-electron chi connectivity index (χ0n) is 18.3. The van der Waals surface area contributed by atoms with Crippen LogP contribution in [0, 0.1) is 6.92 Å². The lowest BCUT2D eigenvalue weighted by atomic mass is 10.0. The molecule has 1 amide bonds. The molecule has 0 bridgehead atoms. The topological polar surface area (TPSA) is 104 Å². The number of methoxy groups -OCH3 is 1. The van der Waals surface area contributed by atoms with Crippen molar-refractivity contribution in [3.8, 4) is 34.0 Å². The second-order valence-corrected chi connectivity index (χ2v) is 7.60. The number of aromatic nitrogens is 2. The highest BCUT2D eigenvalue weighted by Gasteiger charge is 2.11. The summed E-state index contributed by atoms with van der Waals surface area (Å²) in [5.74, 6) is 0.673. The van der Waals surface area contributed by atoms with Gasteiger partial charge in [-0.05, 0) is 72.1 Å². The van der Waals surface area contributed by atoms with Crippen LogP contribution in [0.5, 0.6) is 11.5 Å². The number of rotatable bonds is 6. The van der Waals surface area contributed by atoms with E-state index in [4.69, 9.17) is 4.74 Å². The molecule has 0 saturated carbocycles. The number of hydrogen-bond donors (Lipinski definition) is 3. The number of aromatic hydroxyl groups is 1. The summed E-state index contributed by atoms with van der Waals surface area (Å²) in [6.45, 7) is 2.14. The van der Waals surface area contributed by atoms with Crippen LogP contribution in [0.15, 0.2) is 77.6 Å². The van der Waals surface area contributed by atoms with Gasteiger partial charge in [0.1, 0.15) is 11.5 Å². The van der Waals surface area contributed by atoms with Crippen LogP contribution < -0.4 is 15.7 Å². The largest absolute Gasteiger partial charge is 0.508 e. The average molecular weight is 441 g/mol. The number of nitrogens with one attached hydrogen (secondary N) is 2. The first-order chi connectivity index (χ1) is 15.9. The van der Waals surface area contributed by atoms with E-state index in [1.807, 2.05) is 30.3 Å². The van der Waals surface area contributed by atoms with Gasteiger partial charge in [-0.3, -0.25) is 4.79 Å². The number of carbonyl (C=O) groups excluding carboxylic acids is 1. The number of hydrogen-bond acceptors (Lipinski definition) is 5. The van der Waals surface area contributed by atoms with Crippen molar-refractivity contribution in [2.24, 2.45) is 0 Å². The van der Waals surface area contributed by atoms with Crippen molar-refractivity contribution < 1.29 is 14.6 Å². The van der Waals surface area contributed by atoms with E-state index in [9.17, 15) is 14.7 Å². The lowest BCUT2D eigenvalue weighted by molar-refractivity contribution is 0.0951. The highest BCUT2D eigenvalue weighted by atomic mass is 16.5. The summed E-state index contributed by atoms with van der Waals surface area (Å²) in [5, 5.41) is 12.7. The maximum Gasteiger partial charge on any atom is 0.345 e. The maximum atomic E-state index is 12.7. The lowest BCUT2D eigenvalue weighted by Gasteiger charge is -2.09. The smallest absolute Gasteiger partial charge is 0.345 e. The Morgan fingerprint density at radius 3 is 2.64 bits per heavy atom. The number of nitrogens with zero attached hydrogens (tertiary/aromatic N) is 1. The number of H-pyrrole nitrogens is 1. The molecule has 0 radical (unpaired) electrons. The number of phenols is 1. The van der Waals surface area contributed by atoms with E-state index in [-0.39, 0.29) is 11.7 Å². The second-order valence-electron chi connectivity index (χ2n) is 7.60. The second kappa shape index (κ2) is 9.40. The Labute approximate surface area is 190 Å². The van der Waals surface area contributed by atoms with Crippen molar-refractivity contribution >= 4 is 5.91 Å². The van der Waals surface area contributed by atoms with Gasteiger partial charge in [0.15, 0.2) is 0 Å². The van der Waals surface area contributed by atoms with Crippen LogP contribution in [-0.4, -0.2) is 28.1 Å². The summed E-state index contributed by atoms with van der Waals surface area (Å²) in [5.41, 5.74) is 3.99. The molecule has 4 rings (SSSR count). The normalized spacial score (nSPS) is 10.6. The van der Waals surface area contributed by atoms with Crippen molar-refractivity contribution in [1.82, 2.24) is 15.3 Å². The minimum Gasteiger partial charge on any atom is -0.508 e. The van der Waals surface area contributed by atoms with Crippen LogP contribution in [0.3, 0.4) is 0 Å². The van der Waals surface area contributed by atoms with Gasteiger partial charge in [0.2, 0.25) is 0 Å². The van der Waals surface area contributed by atoms with E-state index >= 15 is 0 Å². The fraction of sp³-hybridized carbons (Fsp3) is 0.115. The van der Waals surface area contributed by atoms with Gasteiger partial charge in [-0.1, -0.05) is 24.3 Å². The molecule has 3 aromatic carbocycles. The van der Waals surface area contributed by atoms with E-state index < -0.39 is 5.69 Å². The van der Waals surface area contributed by atoms with Gasteiger partial charge >= 0.3 is 5.69 Å². The molecular formula is C26H23N3O4. The van der Waals surface area contributed by atoms with Crippen LogP contribution in [0.4, 0.5) is 0 Å². The van der Waals surface area contributed by atoms with Gasteiger partial charge in [0.25, 0.3) is 5.91 Å². The highest BCUT2D eigenvalue weighted by Crippen LogP contribution is 2.26. The van der Waals surface area contributed by atoms with E-state index in [1.54, 1.807) is 56.5 Å². The minimum absolute atomic E-state index is 0.177. The van der Waals surface area contributed by atoms with Crippen molar-refractivity contribution in [2.45, 2.75) is 13.5 Å². The molecule has 0 unspecified atom stereocenters. The Hall–Kier alpha value is -4.39. The monoisotopic (exact) mass is 441 g/mol. The first-order valence-electron chi connectivity index (χ1n) is 10.4. The summed E-state index contributed by atoms with van der Waals surface area (Å²) in [4.78, 5) is 31.8. The van der Waals surface area contributed by atoms with Gasteiger partial charge < -0.3 is 20.1 Å². The van der Waals surface area contributed by atoms with Crippen molar-refractivity contribution in [3.05, 3.63) is 100.0 Å². The van der Waals surface area contributed by atoms with Crippen LogP contribution >= 0.6 is 0 Å². The lowest BCUT2D eigenvalue weighted by Crippen LogP contribution is -2.22. The molecule has 4 aromatic rings. The van der Waals surface area contributed by atoms with Gasteiger partial charge in [0, 0.05) is 17.7 Å². The Balaban J connectivity index is 1.58. The number of aryl methyl sites for hydroxylation is 1. The van der Waals surface area contributed by atoms with E-state index in [0.717, 1.165) is 11.3 Å². The first-order valence-corrected chi connectivity index (χ1v) is 10.4. The van der Waals surface area contributed by atoms with E-state index in [2.05, 4.69) is 15.3 Å². The molecule has 0 aliphatic heterocycles. The number of phenolic OH excluding ortho intramolecular Hbond substituents is 1. The van der Waals surface area contributed by atoms with E-state index in [1.165, 1.54) is 0 Å². The van der Waals surface area contributed by atoms with Gasteiger partial charge in [-0.15, -0.1) is 0 Å². The third kappa shape index (κ3) is 5.10. The molecule has 0 fully saturated rings. The molecule has 0 aliphatic rings. The molecule has 0 saturated heterocycles. The fourth-order valence-corrected chi connectivity index (χ4v) is 3.47. The number of benzene rings is 3. The Morgan fingerprint density at radius 1 is 1.03 bits per heavy atom. The zero-order chi connectivity index (χ0) is 23.4. The molecule has 0 spiro atoms. The molecule has 7 heteroatoms. The Kier molecular flexibility index (Phi) is 6.22. The molecule has 3 N–H and O–H groups in total. The van der Waals surface area contributed by atoms with Crippen LogP contribution in [0.2, 0.25) is 0 Å². The molecule has 1 heterocycles. The van der Waals surface area contributed by atoms with Crippen LogP contribution in [0.25, 0.3) is 22.5 Å². The molecular weight excluding hydrogens is 418 g/mol. The summed E-state index contributed by atoms with van der Waals surface area (Å²) < 4.78 is 5.22. The number of carbonyl (C=O) groups is 1. The molecule has 33 heavy (non-hydrogen) atoms. The van der Waals surface area contributed by atoms with Gasteiger partial charge in [0.05, 0.1) is 18.5 Å². The molecule has 0 aliphatic carbocycles. The summed E-state index contributed by atoms with van der Waals surface area (Å²) in [6, 6.07) is 21.3. The van der Waals surface area contributed by atoms with Crippen molar-refractivity contribution in [1.29, 1.82) is 0 Å². The summed E-state index contributed by atoms with van der Waals surface area (Å²) >= 11 is 0. The predicted octanol–water partition coefficient (Wildman–Crippen LogP) is 4.06. The first kappa shape index (κ1) is 21.8. The third-order valence-corrected chi connectivity index (χ3v) is 5.26. The minimum atomic E-state index is -0.499. The highest BCUT2D eigenvalue weighted by molar-refractivity contribution is 5.95. The summed E-state index contributed by atoms with van der Waals surface area (Å²) in [6.07, 6.45) is 0. The van der Waals surface area contributed by atoms with Gasteiger partial charge in [-0.2, -0.15) is 4.98 Å². The van der Waals surface area contributed by atoms with E-state index in [0.29, 0.717) is 40.2 Å². The van der Waals surface area contributed by atoms with Crippen LogP contribution in [-0.2, 0) is 6.54 Å². The molecule has 166 valence electrons. The van der Waals surface area contributed by atoms with Gasteiger partial charge in [-0.25, -0.2) is 4.79 Å². The summed E-state index contributed by atoms with van der Waals surface area (Å²) in [7, 11) is 1.60. The predicted molar refractivity (Wildman–Crippen MR) is 126 cm³/mol. The quantitative estimate of drug-likeness (QED) is 0.419. The number of amides is 1. The third-order valence-electron chi connectivity index (χ3n) is 5.26. The molecule has 1 aromatic heterocycles. The maximum absolute atomic E-state index is 12.7. The number of aromatic amines is 1. The zero-order valence-corrected chi connectivity index (χ0v) is 18.3. The Bertz CT molecular complexity index is 1380.